The summed E-state index contributed by atoms with van der Waals surface area (Å²) in [5.41, 5.74) is 6.25. The van der Waals surface area contributed by atoms with Gasteiger partial charge in [0.25, 0.3) is 0 Å². The summed E-state index contributed by atoms with van der Waals surface area (Å²) in [5.74, 6) is 1.30. The molecule has 2 unspecified atom stereocenters. The molecule has 1 rings (SSSR count). The maximum absolute atomic E-state index is 5.83. The van der Waals surface area contributed by atoms with E-state index in [0.29, 0.717) is 29.4 Å². The van der Waals surface area contributed by atoms with Crippen molar-refractivity contribution in [3.63, 3.8) is 0 Å². The Labute approximate surface area is 93.5 Å². The molecule has 3 nitrogen and oxygen atoms in total. The van der Waals surface area contributed by atoms with Crippen molar-refractivity contribution < 1.29 is 0 Å². The minimum atomic E-state index is 0.363. The molecule has 88 valence electrons. The van der Waals surface area contributed by atoms with E-state index < -0.39 is 0 Å². The lowest BCUT2D eigenvalue weighted by Crippen LogP contribution is -2.37. The second kappa shape index (κ2) is 4.42. The lowest BCUT2D eigenvalue weighted by Gasteiger charge is -2.18. The molecule has 0 bridgehead atoms. The molecule has 0 aromatic rings. The first-order chi connectivity index (χ1) is 6.92. The predicted octanol–water partition coefficient (Wildman–Crippen LogP) is 2.12. The van der Waals surface area contributed by atoms with Crippen LogP contribution in [0.5, 0.6) is 0 Å². The van der Waals surface area contributed by atoms with Crippen molar-refractivity contribution in [1.82, 2.24) is 5.32 Å². The normalized spacial score (nSPS) is 31.1. The molecule has 0 aromatic heterocycles. The molecule has 1 aliphatic carbocycles. The van der Waals surface area contributed by atoms with Crippen molar-refractivity contribution >= 4 is 5.96 Å². The summed E-state index contributed by atoms with van der Waals surface area (Å²) in [6, 6.07) is 0.802. The van der Waals surface area contributed by atoms with Gasteiger partial charge in [-0.2, -0.15) is 0 Å². The molecule has 0 saturated heterocycles. The molecule has 0 radical (unpaired) electrons. The summed E-state index contributed by atoms with van der Waals surface area (Å²) in [6.07, 6.45) is 2.40. The molecule has 0 spiro atoms. The van der Waals surface area contributed by atoms with E-state index in [-0.39, 0.29) is 0 Å². The molecule has 1 saturated carbocycles. The van der Waals surface area contributed by atoms with Crippen LogP contribution in [0.25, 0.3) is 0 Å². The van der Waals surface area contributed by atoms with E-state index in [1.54, 1.807) is 0 Å². The zero-order chi connectivity index (χ0) is 11.6. The molecule has 1 aliphatic rings. The van der Waals surface area contributed by atoms with E-state index in [1.165, 1.54) is 12.8 Å². The molecular weight excluding hydrogens is 186 g/mol. The number of hydrogen-bond acceptors (Lipinski definition) is 1. The second-order valence-corrected chi connectivity index (χ2v) is 5.27. The van der Waals surface area contributed by atoms with Crippen LogP contribution in [0.1, 0.15) is 47.5 Å². The van der Waals surface area contributed by atoms with E-state index in [4.69, 9.17) is 5.73 Å². The van der Waals surface area contributed by atoms with Gasteiger partial charge in [0.05, 0.1) is 6.04 Å². The van der Waals surface area contributed by atoms with Gasteiger partial charge in [0.2, 0.25) is 0 Å². The number of rotatable bonds is 4. The molecule has 0 aromatic carbocycles. The number of nitrogens with one attached hydrogen (secondary N) is 1. The summed E-state index contributed by atoms with van der Waals surface area (Å²) < 4.78 is 0. The van der Waals surface area contributed by atoms with Gasteiger partial charge in [-0.15, -0.1) is 0 Å². The Morgan fingerprint density at radius 1 is 1.47 bits per heavy atom. The first kappa shape index (κ1) is 12.3. The maximum atomic E-state index is 5.83. The third kappa shape index (κ3) is 2.64. The average molecular weight is 211 g/mol. The highest BCUT2D eigenvalue weighted by molar-refractivity contribution is 5.78. The Balaban J connectivity index is 2.56. The fraction of sp³-hybridized carbons (Fsp3) is 0.917. The molecule has 3 N–H and O–H groups in total. The highest BCUT2D eigenvalue weighted by atomic mass is 15.1. The summed E-state index contributed by atoms with van der Waals surface area (Å²) in [7, 11) is 0. The summed E-state index contributed by atoms with van der Waals surface area (Å²) in [6.45, 7) is 11.0. The second-order valence-electron chi connectivity index (χ2n) is 5.27. The fourth-order valence-electron chi connectivity index (χ4n) is 2.38. The van der Waals surface area contributed by atoms with E-state index in [9.17, 15) is 0 Å². The first-order valence-corrected chi connectivity index (χ1v) is 6.02. The van der Waals surface area contributed by atoms with Crippen molar-refractivity contribution in [2.45, 2.75) is 59.5 Å². The molecule has 0 aliphatic heterocycles. The van der Waals surface area contributed by atoms with Gasteiger partial charge >= 0.3 is 0 Å². The Morgan fingerprint density at radius 3 is 2.40 bits per heavy atom. The van der Waals surface area contributed by atoms with Crippen molar-refractivity contribution in [3.05, 3.63) is 0 Å². The molecule has 1 fully saturated rings. The van der Waals surface area contributed by atoms with E-state index in [2.05, 4.69) is 44.9 Å². The topological polar surface area (TPSA) is 50.4 Å². The minimum absolute atomic E-state index is 0.363. The molecule has 0 amide bonds. The van der Waals surface area contributed by atoms with E-state index >= 15 is 0 Å². The number of aliphatic imine (C=N–C) groups is 1. The molecule has 2 atom stereocenters. The highest BCUT2D eigenvalue weighted by Crippen LogP contribution is 2.56. The third-order valence-electron chi connectivity index (χ3n) is 3.62. The third-order valence-corrected chi connectivity index (χ3v) is 3.62. The van der Waals surface area contributed by atoms with Gasteiger partial charge in [0.15, 0.2) is 5.96 Å². The Kier molecular flexibility index (Phi) is 3.63. The van der Waals surface area contributed by atoms with Crippen LogP contribution < -0.4 is 11.1 Å². The standard InChI is InChI=1S/C12H25N3/c1-6-12(8(2)3)7-10(12)15-11(13)14-9(4)5/h8-10H,6-7H2,1-5H3,(H3,13,14,15). The molecular formula is C12H25N3. The van der Waals surface area contributed by atoms with Crippen LogP contribution in [0.3, 0.4) is 0 Å². The number of nitrogens with zero attached hydrogens (tertiary/aromatic N) is 1. The monoisotopic (exact) mass is 211 g/mol. The van der Waals surface area contributed by atoms with Gasteiger partial charge in [-0.3, -0.25) is 0 Å². The van der Waals surface area contributed by atoms with Crippen molar-refractivity contribution in [1.29, 1.82) is 0 Å². The Morgan fingerprint density at radius 2 is 2.07 bits per heavy atom. The molecule has 0 heterocycles. The van der Waals surface area contributed by atoms with Crippen LogP contribution in [0.15, 0.2) is 4.99 Å². The SMILES string of the molecule is CCC1(C(C)C)CC1N=C(N)NC(C)C. The Hall–Kier alpha value is -0.730. The van der Waals surface area contributed by atoms with Crippen LogP contribution in [-0.4, -0.2) is 18.0 Å². The summed E-state index contributed by atoms with van der Waals surface area (Å²) in [4.78, 5) is 4.56. The lowest BCUT2D eigenvalue weighted by molar-refractivity contribution is 0.335. The van der Waals surface area contributed by atoms with Gasteiger partial charge in [0.1, 0.15) is 0 Å². The molecule has 15 heavy (non-hydrogen) atoms. The van der Waals surface area contributed by atoms with Crippen LogP contribution in [0, 0.1) is 11.3 Å². The summed E-state index contributed by atoms with van der Waals surface area (Å²) >= 11 is 0. The van der Waals surface area contributed by atoms with Crippen molar-refractivity contribution in [3.8, 4) is 0 Å². The van der Waals surface area contributed by atoms with Gasteiger partial charge in [-0.05, 0) is 38.0 Å². The van der Waals surface area contributed by atoms with E-state index in [0.717, 1.165) is 0 Å². The Bertz CT molecular complexity index is 245. The van der Waals surface area contributed by atoms with Gasteiger partial charge in [-0.1, -0.05) is 20.8 Å². The molecule has 3 heteroatoms. The fourth-order valence-corrected chi connectivity index (χ4v) is 2.38. The lowest BCUT2D eigenvalue weighted by atomic mass is 9.89. The van der Waals surface area contributed by atoms with Crippen LogP contribution >= 0.6 is 0 Å². The zero-order valence-corrected chi connectivity index (χ0v) is 10.7. The largest absolute Gasteiger partial charge is 0.370 e. The average Bonchev–Trinajstić information content (AvgIpc) is 2.77. The minimum Gasteiger partial charge on any atom is -0.370 e. The first-order valence-electron chi connectivity index (χ1n) is 6.02. The quantitative estimate of drug-likeness (QED) is 0.553. The highest BCUT2D eigenvalue weighted by Gasteiger charge is 2.54. The van der Waals surface area contributed by atoms with Gasteiger partial charge in [0, 0.05) is 6.04 Å². The predicted molar refractivity (Wildman–Crippen MR) is 65.9 cm³/mol. The zero-order valence-electron chi connectivity index (χ0n) is 10.7. The smallest absolute Gasteiger partial charge is 0.189 e. The number of guanidine groups is 1. The number of nitrogens with two attached hydrogens (primary N) is 1. The van der Waals surface area contributed by atoms with Crippen LogP contribution in [0.4, 0.5) is 0 Å². The van der Waals surface area contributed by atoms with Crippen LogP contribution in [-0.2, 0) is 0 Å². The van der Waals surface area contributed by atoms with Crippen molar-refractivity contribution in [2.75, 3.05) is 0 Å². The number of hydrogen-bond donors (Lipinski definition) is 2. The van der Waals surface area contributed by atoms with Crippen molar-refractivity contribution in [2.24, 2.45) is 22.1 Å². The van der Waals surface area contributed by atoms with E-state index in [1.807, 2.05) is 0 Å². The van der Waals surface area contributed by atoms with Crippen LogP contribution in [0.2, 0.25) is 0 Å². The maximum Gasteiger partial charge on any atom is 0.189 e. The summed E-state index contributed by atoms with van der Waals surface area (Å²) in [5, 5.41) is 3.14. The van der Waals surface area contributed by atoms with Gasteiger partial charge in [-0.25, -0.2) is 4.99 Å². The van der Waals surface area contributed by atoms with Gasteiger partial charge < -0.3 is 11.1 Å².